The summed E-state index contributed by atoms with van der Waals surface area (Å²) >= 11 is 0. The van der Waals surface area contributed by atoms with E-state index in [0.29, 0.717) is 25.4 Å². The molecule has 0 spiro atoms. The normalized spacial score (nSPS) is 19.6. The van der Waals surface area contributed by atoms with Crippen molar-refractivity contribution in [1.82, 2.24) is 4.31 Å². The molecule has 0 aromatic heterocycles. The minimum Gasteiger partial charge on any atom is -0.495 e. The van der Waals surface area contributed by atoms with Crippen LogP contribution in [0.4, 0.5) is 0 Å². The van der Waals surface area contributed by atoms with Gasteiger partial charge in [-0.15, -0.1) is 12.4 Å². The number of sulfonamides is 1. The highest BCUT2D eigenvalue weighted by Crippen LogP contribution is 2.30. The van der Waals surface area contributed by atoms with Gasteiger partial charge in [0.25, 0.3) is 0 Å². The molecule has 1 unspecified atom stereocenters. The molecule has 1 aromatic rings. The van der Waals surface area contributed by atoms with Gasteiger partial charge in [0.05, 0.1) is 7.11 Å². The van der Waals surface area contributed by atoms with E-state index >= 15 is 0 Å². The van der Waals surface area contributed by atoms with E-state index in [0.717, 1.165) is 12.0 Å². The van der Waals surface area contributed by atoms with Gasteiger partial charge in [0.15, 0.2) is 0 Å². The molecular weight excluding hydrogens is 300 g/mol. The Balaban J connectivity index is 0.00000200. The zero-order valence-corrected chi connectivity index (χ0v) is 13.3. The van der Waals surface area contributed by atoms with Gasteiger partial charge in [0.1, 0.15) is 10.6 Å². The smallest absolute Gasteiger partial charge is 0.246 e. The molecule has 2 N–H and O–H groups in total. The molecule has 2 rings (SSSR count). The average Bonchev–Trinajstić information content (AvgIpc) is 2.88. The molecule has 0 aliphatic carbocycles. The Kier molecular flexibility index (Phi) is 5.82. The van der Waals surface area contributed by atoms with Crippen molar-refractivity contribution in [3.8, 4) is 5.75 Å². The van der Waals surface area contributed by atoms with E-state index < -0.39 is 10.0 Å². The molecule has 1 saturated heterocycles. The van der Waals surface area contributed by atoms with E-state index in [1.54, 1.807) is 12.1 Å². The molecule has 1 atom stereocenters. The molecule has 0 amide bonds. The Morgan fingerprint density at radius 2 is 2.15 bits per heavy atom. The van der Waals surface area contributed by atoms with Crippen LogP contribution in [0.25, 0.3) is 0 Å². The van der Waals surface area contributed by atoms with Gasteiger partial charge in [-0.1, -0.05) is 6.07 Å². The van der Waals surface area contributed by atoms with E-state index in [9.17, 15) is 8.42 Å². The molecule has 0 radical (unpaired) electrons. The van der Waals surface area contributed by atoms with E-state index in [4.69, 9.17) is 10.5 Å². The lowest BCUT2D eigenvalue weighted by Gasteiger charge is -2.18. The number of nitrogens with two attached hydrogens (primary N) is 1. The van der Waals surface area contributed by atoms with Crippen molar-refractivity contribution in [1.29, 1.82) is 0 Å². The first-order chi connectivity index (χ1) is 8.98. The molecule has 5 nitrogen and oxygen atoms in total. The Hall–Kier alpha value is -0.820. The van der Waals surface area contributed by atoms with Gasteiger partial charge in [-0.2, -0.15) is 4.31 Å². The third kappa shape index (κ3) is 3.25. The topological polar surface area (TPSA) is 72.6 Å². The lowest BCUT2D eigenvalue weighted by molar-refractivity contribution is 0.397. The molecule has 0 saturated carbocycles. The zero-order chi connectivity index (χ0) is 14.0. The average molecular weight is 321 g/mol. The summed E-state index contributed by atoms with van der Waals surface area (Å²) in [6.07, 6.45) is 0.823. The number of ether oxygens (including phenoxy) is 1. The summed E-state index contributed by atoms with van der Waals surface area (Å²) in [7, 11) is -2.01. The van der Waals surface area contributed by atoms with Crippen molar-refractivity contribution < 1.29 is 13.2 Å². The second-order valence-corrected chi connectivity index (χ2v) is 6.81. The highest BCUT2D eigenvalue weighted by molar-refractivity contribution is 7.89. The second kappa shape index (κ2) is 6.76. The quantitative estimate of drug-likeness (QED) is 0.910. The number of methoxy groups -OCH3 is 1. The Labute approximate surface area is 126 Å². The summed E-state index contributed by atoms with van der Waals surface area (Å²) in [6, 6.07) is 5.19. The van der Waals surface area contributed by atoms with Crippen molar-refractivity contribution in [3.05, 3.63) is 23.8 Å². The molecular formula is C13H21ClN2O3S. The molecule has 7 heteroatoms. The first kappa shape index (κ1) is 17.2. The van der Waals surface area contributed by atoms with Crippen LogP contribution in [-0.4, -0.2) is 39.5 Å². The Morgan fingerprint density at radius 1 is 1.45 bits per heavy atom. The molecule has 1 aromatic carbocycles. The van der Waals surface area contributed by atoms with E-state index in [1.807, 2.05) is 13.0 Å². The number of aryl methyl sites for hydroxylation is 1. The van der Waals surface area contributed by atoms with Gasteiger partial charge in [0.2, 0.25) is 10.0 Å². The molecule has 20 heavy (non-hydrogen) atoms. The molecule has 1 fully saturated rings. The molecule has 0 bridgehead atoms. The fraction of sp³-hybridized carbons (Fsp3) is 0.538. The number of nitrogens with zero attached hydrogens (tertiary/aromatic N) is 1. The summed E-state index contributed by atoms with van der Waals surface area (Å²) in [6.45, 7) is 3.42. The van der Waals surface area contributed by atoms with Crippen LogP contribution in [0.1, 0.15) is 12.0 Å². The predicted octanol–water partition coefficient (Wildman–Crippen LogP) is 1.39. The first-order valence-corrected chi connectivity index (χ1v) is 7.78. The van der Waals surface area contributed by atoms with Gasteiger partial charge < -0.3 is 10.5 Å². The molecule has 1 aliphatic rings. The standard InChI is InChI=1S/C13H20N2O3S.ClH/c1-10-3-4-12(18-2)13(7-10)19(16,17)15-6-5-11(8-14)9-15;/h3-4,7,11H,5-6,8-9,14H2,1-2H3;1H. The third-order valence-corrected chi connectivity index (χ3v) is 5.41. The second-order valence-electron chi connectivity index (χ2n) is 4.91. The maximum absolute atomic E-state index is 12.6. The predicted molar refractivity (Wildman–Crippen MR) is 80.9 cm³/mol. The number of benzene rings is 1. The molecule has 1 aliphatic heterocycles. The minimum atomic E-state index is -3.49. The van der Waals surface area contributed by atoms with Crippen LogP contribution >= 0.6 is 12.4 Å². The fourth-order valence-electron chi connectivity index (χ4n) is 2.33. The zero-order valence-electron chi connectivity index (χ0n) is 11.7. The van der Waals surface area contributed by atoms with Crippen LogP contribution in [0, 0.1) is 12.8 Å². The number of rotatable bonds is 4. The summed E-state index contributed by atoms with van der Waals surface area (Å²) in [5.74, 6) is 0.646. The first-order valence-electron chi connectivity index (χ1n) is 6.34. The maximum Gasteiger partial charge on any atom is 0.246 e. The highest BCUT2D eigenvalue weighted by atomic mass is 35.5. The molecule has 114 valence electrons. The highest BCUT2D eigenvalue weighted by Gasteiger charge is 2.33. The van der Waals surface area contributed by atoms with Gasteiger partial charge in [-0.05, 0) is 43.5 Å². The van der Waals surface area contributed by atoms with Gasteiger partial charge in [0, 0.05) is 13.1 Å². The minimum absolute atomic E-state index is 0. The lowest BCUT2D eigenvalue weighted by Crippen LogP contribution is -2.30. The van der Waals surface area contributed by atoms with Gasteiger partial charge >= 0.3 is 0 Å². The fourth-order valence-corrected chi connectivity index (χ4v) is 4.10. The summed E-state index contributed by atoms with van der Waals surface area (Å²) < 4.78 is 31.9. The van der Waals surface area contributed by atoms with E-state index in [-0.39, 0.29) is 23.2 Å². The van der Waals surface area contributed by atoms with Crippen molar-refractivity contribution in [2.45, 2.75) is 18.2 Å². The summed E-state index contributed by atoms with van der Waals surface area (Å²) in [5, 5.41) is 0. The van der Waals surface area contributed by atoms with Crippen LogP contribution in [-0.2, 0) is 10.0 Å². The van der Waals surface area contributed by atoms with Crippen molar-refractivity contribution in [3.63, 3.8) is 0 Å². The van der Waals surface area contributed by atoms with Crippen molar-refractivity contribution >= 4 is 22.4 Å². The van der Waals surface area contributed by atoms with Crippen LogP contribution < -0.4 is 10.5 Å². The third-order valence-electron chi connectivity index (χ3n) is 3.52. The number of hydrogen-bond acceptors (Lipinski definition) is 4. The van der Waals surface area contributed by atoms with E-state index in [1.165, 1.54) is 11.4 Å². The number of hydrogen-bond donors (Lipinski definition) is 1. The maximum atomic E-state index is 12.6. The molecule has 1 heterocycles. The van der Waals surface area contributed by atoms with Crippen LogP contribution in [0.5, 0.6) is 5.75 Å². The van der Waals surface area contributed by atoms with Gasteiger partial charge in [-0.25, -0.2) is 8.42 Å². The summed E-state index contributed by atoms with van der Waals surface area (Å²) in [4.78, 5) is 0.243. The SMILES string of the molecule is COc1ccc(C)cc1S(=O)(=O)N1CCC(CN)C1.Cl. The monoisotopic (exact) mass is 320 g/mol. The summed E-state index contributed by atoms with van der Waals surface area (Å²) in [5.41, 5.74) is 6.51. The van der Waals surface area contributed by atoms with Crippen LogP contribution in [0.15, 0.2) is 23.1 Å². The van der Waals surface area contributed by atoms with Crippen LogP contribution in [0.2, 0.25) is 0 Å². The number of halogens is 1. The lowest BCUT2D eigenvalue weighted by atomic mass is 10.1. The van der Waals surface area contributed by atoms with Crippen molar-refractivity contribution in [2.24, 2.45) is 11.7 Å². The van der Waals surface area contributed by atoms with Crippen LogP contribution in [0.3, 0.4) is 0 Å². The largest absolute Gasteiger partial charge is 0.495 e. The van der Waals surface area contributed by atoms with Gasteiger partial charge in [-0.3, -0.25) is 0 Å². The Morgan fingerprint density at radius 3 is 2.70 bits per heavy atom. The Bertz CT molecular complexity index is 563. The van der Waals surface area contributed by atoms with Crippen molar-refractivity contribution in [2.75, 3.05) is 26.7 Å². The van der Waals surface area contributed by atoms with E-state index in [2.05, 4.69) is 0 Å².